The Hall–Kier alpha value is -3.88. The van der Waals surface area contributed by atoms with Crippen molar-refractivity contribution < 1.29 is 0 Å². The van der Waals surface area contributed by atoms with Gasteiger partial charge in [0.25, 0.3) is 0 Å². The van der Waals surface area contributed by atoms with Crippen molar-refractivity contribution in [1.82, 2.24) is 0 Å². The summed E-state index contributed by atoms with van der Waals surface area (Å²) < 4.78 is 1.13. The lowest BCUT2D eigenvalue weighted by Gasteiger charge is -2.30. The zero-order chi connectivity index (χ0) is 25.1. The van der Waals surface area contributed by atoms with Crippen LogP contribution in [0.3, 0.4) is 0 Å². The molecule has 6 aromatic rings. The van der Waals surface area contributed by atoms with Crippen molar-refractivity contribution in [2.45, 2.75) is 19.3 Å². The average molecular weight is 541 g/mol. The van der Waals surface area contributed by atoms with Crippen molar-refractivity contribution in [3.8, 4) is 11.1 Å². The molecule has 1 nitrogen and oxygen atoms in total. The minimum Gasteiger partial charge on any atom is -0.309 e. The van der Waals surface area contributed by atoms with Gasteiger partial charge < -0.3 is 4.90 Å². The van der Waals surface area contributed by atoms with Crippen LogP contribution in [0.5, 0.6) is 0 Å². The summed E-state index contributed by atoms with van der Waals surface area (Å²) in [7, 11) is 0. The van der Waals surface area contributed by atoms with Crippen LogP contribution in [0.4, 0.5) is 17.1 Å². The molecule has 1 aliphatic rings. The Balaban J connectivity index is 1.52. The first kappa shape index (κ1) is 22.3. The second-order valence-corrected chi connectivity index (χ2v) is 11.3. The Morgan fingerprint density at radius 2 is 1.05 bits per heavy atom. The summed E-state index contributed by atoms with van der Waals surface area (Å²) in [6.07, 6.45) is 0. The maximum atomic E-state index is 3.70. The molecule has 0 spiro atoms. The lowest BCUT2D eigenvalue weighted by Crippen LogP contribution is -2.17. The zero-order valence-electron chi connectivity index (χ0n) is 20.9. The Bertz CT molecular complexity index is 1740. The normalized spacial score (nSPS) is 13.5. The molecular formula is C35H26BrN. The van der Waals surface area contributed by atoms with Crippen LogP contribution in [-0.2, 0) is 5.41 Å². The molecule has 0 aromatic heterocycles. The summed E-state index contributed by atoms with van der Waals surface area (Å²) in [6.45, 7) is 4.68. The molecule has 6 aromatic carbocycles. The van der Waals surface area contributed by atoms with Gasteiger partial charge >= 0.3 is 0 Å². The topological polar surface area (TPSA) is 3.24 Å². The van der Waals surface area contributed by atoms with Crippen molar-refractivity contribution in [3.63, 3.8) is 0 Å². The fraction of sp³-hybridized carbons (Fsp3) is 0.0857. The highest BCUT2D eigenvalue weighted by Crippen LogP contribution is 2.52. The van der Waals surface area contributed by atoms with Gasteiger partial charge in [-0.05, 0) is 69.4 Å². The van der Waals surface area contributed by atoms with Gasteiger partial charge in [0, 0.05) is 26.3 Å². The smallest absolute Gasteiger partial charge is 0.0540 e. The fourth-order valence-electron chi connectivity index (χ4n) is 6.05. The summed E-state index contributed by atoms with van der Waals surface area (Å²) in [4.78, 5) is 2.44. The third-order valence-corrected chi connectivity index (χ3v) is 8.39. The quantitative estimate of drug-likeness (QED) is 0.216. The van der Waals surface area contributed by atoms with Crippen molar-refractivity contribution >= 4 is 54.5 Å². The van der Waals surface area contributed by atoms with E-state index in [0.29, 0.717) is 0 Å². The SMILES string of the molecule is CC1(C)c2cc(Br)ccc2-c2ccc(N(c3cccc4ccccc34)c3cccc4ccccc34)cc21. The van der Waals surface area contributed by atoms with Gasteiger partial charge in [-0.3, -0.25) is 0 Å². The molecule has 0 atom stereocenters. The number of benzene rings is 6. The molecule has 0 heterocycles. The molecule has 0 amide bonds. The van der Waals surface area contributed by atoms with E-state index in [2.05, 4.69) is 156 Å². The van der Waals surface area contributed by atoms with Crippen LogP contribution in [0.25, 0.3) is 32.7 Å². The number of hydrogen-bond donors (Lipinski definition) is 0. The molecule has 0 saturated heterocycles. The van der Waals surface area contributed by atoms with Gasteiger partial charge in [-0.15, -0.1) is 0 Å². The second-order valence-electron chi connectivity index (χ2n) is 10.4. The third kappa shape index (κ3) is 3.43. The zero-order valence-corrected chi connectivity index (χ0v) is 22.5. The molecule has 37 heavy (non-hydrogen) atoms. The van der Waals surface area contributed by atoms with E-state index in [1.807, 2.05) is 0 Å². The number of rotatable bonds is 3. The molecule has 0 bridgehead atoms. The average Bonchev–Trinajstić information content (AvgIpc) is 3.15. The van der Waals surface area contributed by atoms with E-state index < -0.39 is 0 Å². The largest absolute Gasteiger partial charge is 0.309 e. The Morgan fingerprint density at radius 1 is 0.541 bits per heavy atom. The molecule has 0 N–H and O–H groups in total. The summed E-state index contributed by atoms with van der Waals surface area (Å²) in [6, 6.07) is 44.2. The monoisotopic (exact) mass is 539 g/mol. The van der Waals surface area contributed by atoms with Crippen molar-refractivity contribution in [2.24, 2.45) is 0 Å². The standard InChI is InChI=1S/C35H26BrN/c1-35(2)31-21-25(36)17-19-29(31)30-20-18-26(22-32(30)35)37(33-15-7-11-23-9-3-5-13-27(23)33)34-16-8-12-24-10-4-6-14-28(24)34/h3-22H,1-2H3. The van der Waals surface area contributed by atoms with E-state index in [1.54, 1.807) is 0 Å². The Kier molecular flexibility index (Phi) is 5.02. The third-order valence-electron chi connectivity index (χ3n) is 7.89. The predicted molar refractivity (Wildman–Crippen MR) is 161 cm³/mol. The van der Waals surface area contributed by atoms with Gasteiger partial charge in [0.2, 0.25) is 0 Å². The van der Waals surface area contributed by atoms with Crippen LogP contribution in [0, 0.1) is 0 Å². The van der Waals surface area contributed by atoms with E-state index in [1.165, 1.54) is 60.9 Å². The van der Waals surface area contributed by atoms with Gasteiger partial charge in [-0.1, -0.05) is 115 Å². The Labute approximate surface area is 226 Å². The number of anilines is 3. The predicted octanol–water partition coefficient (Wildman–Crippen LogP) is 10.5. The molecule has 7 rings (SSSR count). The van der Waals surface area contributed by atoms with Crippen LogP contribution < -0.4 is 4.90 Å². The summed E-state index contributed by atoms with van der Waals surface area (Å²) >= 11 is 3.70. The molecule has 178 valence electrons. The van der Waals surface area contributed by atoms with Gasteiger partial charge in [0.15, 0.2) is 0 Å². The summed E-state index contributed by atoms with van der Waals surface area (Å²) in [5.74, 6) is 0. The van der Waals surface area contributed by atoms with E-state index >= 15 is 0 Å². The molecule has 0 fully saturated rings. The van der Waals surface area contributed by atoms with Crippen LogP contribution in [0.1, 0.15) is 25.0 Å². The Morgan fingerprint density at radius 3 is 1.68 bits per heavy atom. The highest BCUT2D eigenvalue weighted by atomic mass is 79.9. The minimum atomic E-state index is -0.0896. The van der Waals surface area contributed by atoms with E-state index in [-0.39, 0.29) is 5.41 Å². The number of hydrogen-bond acceptors (Lipinski definition) is 1. The van der Waals surface area contributed by atoms with Crippen LogP contribution in [-0.4, -0.2) is 0 Å². The second kappa shape index (κ2) is 8.33. The van der Waals surface area contributed by atoms with Crippen LogP contribution >= 0.6 is 15.9 Å². The van der Waals surface area contributed by atoms with Crippen LogP contribution in [0.2, 0.25) is 0 Å². The number of fused-ring (bicyclic) bond motifs is 5. The lowest BCUT2D eigenvalue weighted by atomic mass is 9.82. The van der Waals surface area contributed by atoms with E-state index in [0.717, 1.165) is 4.47 Å². The van der Waals surface area contributed by atoms with Gasteiger partial charge in [-0.25, -0.2) is 0 Å². The van der Waals surface area contributed by atoms with Crippen molar-refractivity contribution in [2.75, 3.05) is 4.90 Å². The summed E-state index contributed by atoms with van der Waals surface area (Å²) in [5.41, 5.74) is 8.85. The van der Waals surface area contributed by atoms with Gasteiger partial charge in [-0.2, -0.15) is 0 Å². The number of halogens is 1. The highest BCUT2D eigenvalue weighted by Gasteiger charge is 2.36. The van der Waals surface area contributed by atoms with E-state index in [4.69, 9.17) is 0 Å². The summed E-state index contributed by atoms with van der Waals surface area (Å²) in [5, 5.41) is 4.96. The first-order valence-corrected chi connectivity index (χ1v) is 13.5. The molecular weight excluding hydrogens is 514 g/mol. The first-order valence-electron chi connectivity index (χ1n) is 12.7. The van der Waals surface area contributed by atoms with Gasteiger partial charge in [0.1, 0.15) is 0 Å². The maximum absolute atomic E-state index is 3.70. The molecule has 0 unspecified atom stereocenters. The molecule has 0 aliphatic heterocycles. The minimum absolute atomic E-state index is 0.0896. The molecule has 0 radical (unpaired) electrons. The lowest BCUT2D eigenvalue weighted by molar-refractivity contribution is 0.660. The van der Waals surface area contributed by atoms with E-state index in [9.17, 15) is 0 Å². The van der Waals surface area contributed by atoms with Gasteiger partial charge in [0.05, 0.1) is 11.4 Å². The highest BCUT2D eigenvalue weighted by molar-refractivity contribution is 9.10. The number of nitrogens with zero attached hydrogens (tertiary/aromatic N) is 1. The molecule has 1 aliphatic carbocycles. The van der Waals surface area contributed by atoms with Crippen LogP contribution in [0.15, 0.2) is 126 Å². The molecule has 0 saturated carbocycles. The maximum Gasteiger partial charge on any atom is 0.0540 e. The molecule has 2 heteroatoms. The van der Waals surface area contributed by atoms with Crippen molar-refractivity contribution in [1.29, 1.82) is 0 Å². The van der Waals surface area contributed by atoms with Crippen molar-refractivity contribution in [3.05, 3.63) is 137 Å². The fourth-order valence-corrected chi connectivity index (χ4v) is 6.41. The first-order chi connectivity index (χ1) is 18.0.